The predicted molar refractivity (Wildman–Crippen MR) is 73.3 cm³/mol. The lowest BCUT2D eigenvalue weighted by molar-refractivity contribution is -0.144. The monoisotopic (exact) mass is 299 g/mol. The summed E-state index contributed by atoms with van der Waals surface area (Å²) in [4.78, 5) is 11.5. The Hall–Kier alpha value is -1.69. The van der Waals surface area contributed by atoms with Gasteiger partial charge < -0.3 is 15.2 Å². The molecular formula is C15H19F2NO3. The molecule has 2 rings (SSSR count). The van der Waals surface area contributed by atoms with Crippen LogP contribution in [0, 0.1) is 11.6 Å². The molecular weight excluding hydrogens is 280 g/mol. The van der Waals surface area contributed by atoms with Crippen LogP contribution in [0.5, 0.6) is 5.75 Å². The Morgan fingerprint density at radius 3 is 2.86 bits per heavy atom. The maximum atomic E-state index is 13.1. The van der Waals surface area contributed by atoms with Gasteiger partial charge in [0, 0.05) is 12.5 Å². The Labute approximate surface area is 122 Å². The maximum Gasteiger partial charge on any atom is 0.324 e. The molecule has 6 heteroatoms. The average Bonchev–Trinajstić information content (AvgIpc) is 2.85. The minimum atomic E-state index is -0.987. The summed E-state index contributed by atoms with van der Waals surface area (Å²) >= 11 is 0. The van der Waals surface area contributed by atoms with Crippen molar-refractivity contribution in [1.82, 2.24) is 5.32 Å². The number of carboxylic acid groups (broad SMARTS) is 1. The molecule has 0 spiro atoms. The van der Waals surface area contributed by atoms with Crippen LogP contribution in [0.4, 0.5) is 8.78 Å². The van der Waals surface area contributed by atoms with E-state index in [9.17, 15) is 18.7 Å². The van der Waals surface area contributed by atoms with Crippen LogP contribution < -0.4 is 10.1 Å². The molecule has 1 saturated carbocycles. The predicted octanol–water partition coefficient (Wildman–Crippen LogP) is 2.72. The third kappa shape index (κ3) is 3.50. The van der Waals surface area contributed by atoms with E-state index in [4.69, 9.17) is 4.74 Å². The van der Waals surface area contributed by atoms with Crippen molar-refractivity contribution in [1.29, 1.82) is 0 Å². The van der Waals surface area contributed by atoms with Gasteiger partial charge in [0.15, 0.2) is 11.6 Å². The Morgan fingerprint density at radius 1 is 1.48 bits per heavy atom. The lowest BCUT2D eigenvalue weighted by Gasteiger charge is -2.25. The van der Waals surface area contributed by atoms with E-state index in [0.29, 0.717) is 25.8 Å². The fourth-order valence-electron chi connectivity index (χ4n) is 2.64. The highest BCUT2D eigenvalue weighted by Crippen LogP contribution is 2.33. The Bertz CT molecular complexity index is 524. The molecule has 0 aromatic heterocycles. The van der Waals surface area contributed by atoms with Crippen LogP contribution in [0.2, 0.25) is 0 Å². The zero-order chi connectivity index (χ0) is 15.5. The quantitative estimate of drug-likeness (QED) is 0.848. The van der Waals surface area contributed by atoms with E-state index in [1.165, 1.54) is 6.07 Å². The fraction of sp³-hybridized carbons (Fsp3) is 0.533. The SMILES string of the molecule is CCCNC1(C(=O)O)CCC(Oc2ccc(F)c(F)c2)C1. The van der Waals surface area contributed by atoms with Crippen molar-refractivity contribution < 1.29 is 23.4 Å². The molecule has 0 aliphatic heterocycles. The number of ether oxygens (including phenoxy) is 1. The Balaban J connectivity index is 2.03. The van der Waals surface area contributed by atoms with E-state index >= 15 is 0 Å². The summed E-state index contributed by atoms with van der Waals surface area (Å²) in [5.41, 5.74) is -0.987. The van der Waals surface area contributed by atoms with E-state index < -0.39 is 23.1 Å². The van der Waals surface area contributed by atoms with E-state index in [0.717, 1.165) is 18.6 Å². The normalized spacial score (nSPS) is 25.0. The number of hydrogen-bond acceptors (Lipinski definition) is 3. The third-order valence-corrected chi connectivity index (χ3v) is 3.79. The van der Waals surface area contributed by atoms with Crippen molar-refractivity contribution in [3.63, 3.8) is 0 Å². The highest BCUT2D eigenvalue weighted by Gasteiger charge is 2.46. The van der Waals surface area contributed by atoms with Gasteiger partial charge in [-0.2, -0.15) is 0 Å². The summed E-state index contributed by atoms with van der Waals surface area (Å²) in [7, 11) is 0. The highest BCUT2D eigenvalue weighted by atomic mass is 19.2. The lowest BCUT2D eigenvalue weighted by Crippen LogP contribution is -2.50. The molecule has 4 nitrogen and oxygen atoms in total. The molecule has 1 aromatic rings. The molecule has 1 aliphatic carbocycles. The minimum Gasteiger partial charge on any atom is -0.490 e. The van der Waals surface area contributed by atoms with Crippen LogP contribution in [0.15, 0.2) is 18.2 Å². The van der Waals surface area contributed by atoms with Crippen molar-refractivity contribution >= 4 is 5.97 Å². The molecule has 1 fully saturated rings. The number of nitrogens with one attached hydrogen (secondary N) is 1. The van der Waals surface area contributed by atoms with E-state index in [2.05, 4.69) is 5.32 Å². The first-order valence-corrected chi connectivity index (χ1v) is 7.07. The first-order chi connectivity index (χ1) is 9.97. The number of halogens is 2. The summed E-state index contributed by atoms with van der Waals surface area (Å²) in [6.07, 6.45) is 1.83. The second-order valence-corrected chi connectivity index (χ2v) is 5.37. The maximum absolute atomic E-state index is 13.1. The van der Waals surface area contributed by atoms with Crippen LogP contribution in [0.1, 0.15) is 32.6 Å². The summed E-state index contributed by atoms with van der Waals surface area (Å²) < 4.78 is 31.6. The van der Waals surface area contributed by atoms with Gasteiger partial charge >= 0.3 is 5.97 Å². The molecule has 116 valence electrons. The third-order valence-electron chi connectivity index (χ3n) is 3.79. The van der Waals surface area contributed by atoms with E-state index in [-0.39, 0.29) is 11.9 Å². The van der Waals surface area contributed by atoms with Gasteiger partial charge in [-0.15, -0.1) is 0 Å². The number of hydrogen-bond donors (Lipinski definition) is 2. The topological polar surface area (TPSA) is 58.6 Å². The van der Waals surface area contributed by atoms with Crippen molar-refractivity contribution in [2.45, 2.75) is 44.2 Å². The molecule has 0 radical (unpaired) electrons. The summed E-state index contributed by atoms with van der Waals surface area (Å²) in [5, 5.41) is 12.5. The van der Waals surface area contributed by atoms with E-state index in [1.54, 1.807) is 0 Å². The fourth-order valence-corrected chi connectivity index (χ4v) is 2.64. The zero-order valence-corrected chi connectivity index (χ0v) is 11.9. The van der Waals surface area contributed by atoms with Crippen LogP contribution in [-0.2, 0) is 4.79 Å². The molecule has 1 aromatic carbocycles. The first kappa shape index (κ1) is 15.7. The number of carbonyl (C=O) groups is 1. The van der Waals surface area contributed by atoms with Crippen LogP contribution in [0.25, 0.3) is 0 Å². The molecule has 0 heterocycles. The van der Waals surface area contributed by atoms with Crippen LogP contribution in [0.3, 0.4) is 0 Å². The molecule has 0 saturated heterocycles. The van der Waals surface area contributed by atoms with E-state index in [1.807, 2.05) is 6.92 Å². The van der Waals surface area contributed by atoms with Crippen LogP contribution >= 0.6 is 0 Å². The van der Waals surface area contributed by atoms with Gasteiger partial charge in [0.05, 0.1) is 0 Å². The minimum absolute atomic E-state index is 0.218. The zero-order valence-electron chi connectivity index (χ0n) is 11.9. The van der Waals surface area contributed by atoms with Crippen molar-refractivity contribution in [3.05, 3.63) is 29.8 Å². The van der Waals surface area contributed by atoms with Crippen molar-refractivity contribution in [2.75, 3.05) is 6.54 Å². The van der Waals surface area contributed by atoms with Gasteiger partial charge in [0.2, 0.25) is 0 Å². The largest absolute Gasteiger partial charge is 0.490 e. The Morgan fingerprint density at radius 2 is 2.24 bits per heavy atom. The molecule has 2 unspecified atom stereocenters. The molecule has 21 heavy (non-hydrogen) atoms. The second kappa shape index (κ2) is 6.39. The number of aliphatic carboxylic acids is 1. The summed E-state index contributed by atoms with van der Waals surface area (Å²) in [5.74, 6) is -2.58. The molecule has 2 N–H and O–H groups in total. The Kier molecular flexibility index (Phi) is 4.77. The van der Waals surface area contributed by atoms with Gasteiger partial charge in [-0.1, -0.05) is 6.92 Å². The average molecular weight is 299 g/mol. The van der Waals surface area contributed by atoms with Gasteiger partial charge in [-0.3, -0.25) is 4.79 Å². The number of benzene rings is 1. The molecule has 2 atom stereocenters. The van der Waals surface area contributed by atoms with Gasteiger partial charge in [0.1, 0.15) is 17.4 Å². The van der Waals surface area contributed by atoms with Crippen molar-refractivity contribution in [2.24, 2.45) is 0 Å². The van der Waals surface area contributed by atoms with Crippen molar-refractivity contribution in [3.8, 4) is 5.75 Å². The van der Waals surface area contributed by atoms with Gasteiger partial charge in [-0.05, 0) is 37.9 Å². The highest BCUT2D eigenvalue weighted by molar-refractivity contribution is 5.79. The molecule has 0 amide bonds. The summed E-state index contributed by atoms with van der Waals surface area (Å²) in [6, 6.07) is 3.33. The van der Waals surface area contributed by atoms with Gasteiger partial charge in [-0.25, -0.2) is 8.78 Å². The lowest BCUT2D eigenvalue weighted by atomic mass is 9.97. The van der Waals surface area contributed by atoms with Crippen LogP contribution in [-0.4, -0.2) is 29.3 Å². The molecule has 1 aliphatic rings. The number of rotatable bonds is 6. The number of carboxylic acids is 1. The summed E-state index contributed by atoms with van der Waals surface area (Å²) in [6.45, 7) is 2.58. The molecule has 0 bridgehead atoms. The first-order valence-electron chi connectivity index (χ1n) is 7.07. The second-order valence-electron chi connectivity index (χ2n) is 5.37. The van der Waals surface area contributed by atoms with Gasteiger partial charge in [0.25, 0.3) is 0 Å². The smallest absolute Gasteiger partial charge is 0.324 e. The standard InChI is InChI=1S/C15H19F2NO3/c1-2-7-18-15(14(19)20)6-5-11(9-15)21-10-3-4-12(16)13(17)8-10/h3-4,8,11,18H,2,5-7,9H2,1H3,(H,19,20).